The molecule has 0 radical (unpaired) electrons. The number of hydrazine groups is 1. The number of nitrogens with one attached hydrogen (secondary N) is 1. The highest BCUT2D eigenvalue weighted by atomic mass is 16.5. The molecule has 4 nitrogen and oxygen atoms in total. The second-order valence-electron chi connectivity index (χ2n) is 3.77. The number of rotatable bonds is 5. The van der Waals surface area contributed by atoms with Crippen LogP contribution in [0.2, 0.25) is 0 Å². The van der Waals surface area contributed by atoms with E-state index in [9.17, 15) is 0 Å². The molecule has 4 heteroatoms. The van der Waals surface area contributed by atoms with Crippen LogP contribution in [0.5, 0.6) is 0 Å². The van der Waals surface area contributed by atoms with E-state index in [1.807, 2.05) is 13.8 Å². The molecule has 0 fully saturated rings. The molecule has 0 saturated carbocycles. The molecule has 0 bridgehead atoms. The number of hydrogen-bond donors (Lipinski definition) is 2. The molecule has 1 unspecified atom stereocenters. The molecule has 1 aliphatic heterocycles. The van der Waals surface area contributed by atoms with E-state index in [-0.39, 0.29) is 12.1 Å². The summed E-state index contributed by atoms with van der Waals surface area (Å²) >= 11 is 0. The van der Waals surface area contributed by atoms with Crippen LogP contribution >= 0.6 is 0 Å². The Labute approximate surface area is 85.4 Å². The van der Waals surface area contributed by atoms with Crippen molar-refractivity contribution in [3.63, 3.8) is 0 Å². The largest absolute Gasteiger partial charge is 0.501 e. The van der Waals surface area contributed by atoms with E-state index >= 15 is 0 Å². The minimum Gasteiger partial charge on any atom is -0.501 e. The minimum absolute atomic E-state index is 0.0812. The van der Waals surface area contributed by atoms with E-state index < -0.39 is 0 Å². The Bertz CT molecular complexity index is 193. The number of nitrogens with two attached hydrogens (primary N) is 1. The SMILES string of the molecule is CC(C)OCC(NN)C1=COCCC1. The Morgan fingerprint density at radius 3 is 2.93 bits per heavy atom. The Kier molecular flexibility index (Phi) is 4.93. The second kappa shape index (κ2) is 6.01. The van der Waals surface area contributed by atoms with Crippen LogP contribution in [0, 0.1) is 0 Å². The zero-order chi connectivity index (χ0) is 10.4. The summed E-state index contributed by atoms with van der Waals surface area (Å²) in [5.74, 6) is 5.46. The molecule has 1 rings (SSSR count). The van der Waals surface area contributed by atoms with E-state index in [0.29, 0.717) is 6.61 Å². The van der Waals surface area contributed by atoms with Crippen LogP contribution < -0.4 is 11.3 Å². The van der Waals surface area contributed by atoms with Gasteiger partial charge in [-0.1, -0.05) is 0 Å². The summed E-state index contributed by atoms with van der Waals surface area (Å²) in [5, 5.41) is 0. The maximum Gasteiger partial charge on any atom is 0.0876 e. The average Bonchev–Trinajstić information content (AvgIpc) is 2.20. The third-order valence-electron chi connectivity index (χ3n) is 2.21. The molecule has 14 heavy (non-hydrogen) atoms. The van der Waals surface area contributed by atoms with E-state index in [0.717, 1.165) is 19.4 Å². The van der Waals surface area contributed by atoms with Crippen LogP contribution in [0.4, 0.5) is 0 Å². The first-order valence-electron chi connectivity index (χ1n) is 5.12. The van der Waals surface area contributed by atoms with Gasteiger partial charge in [-0.2, -0.15) is 0 Å². The quantitative estimate of drug-likeness (QED) is 0.512. The third-order valence-corrected chi connectivity index (χ3v) is 2.21. The van der Waals surface area contributed by atoms with Gasteiger partial charge in [-0.05, 0) is 32.3 Å². The molecule has 0 aromatic carbocycles. The maximum absolute atomic E-state index is 5.51. The van der Waals surface area contributed by atoms with Crippen molar-refractivity contribution in [2.24, 2.45) is 5.84 Å². The van der Waals surface area contributed by atoms with Crippen molar-refractivity contribution in [1.82, 2.24) is 5.43 Å². The predicted octanol–water partition coefficient (Wildman–Crippen LogP) is 0.938. The van der Waals surface area contributed by atoms with Gasteiger partial charge < -0.3 is 9.47 Å². The van der Waals surface area contributed by atoms with Crippen molar-refractivity contribution in [2.45, 2.75) is 38.8 Å². The number of ether oxygens (including phenoxy) is 2. The van der Waals surface area contributed by atoms with Crippen LogP contribution in [-0.4, -0.2) is 25.4 Å². The van der Waals surface area contributed by atoms with Gasteiger partial charge in [-0.15, -0.1) is 0 Å². The lowest BCUT2D eigenvalue weighted by Crippen LogP contribution is -2.41. The monoisotopic (exact) mass is 200 g/mol. The normalized spacial score (nSPS) is 19.0. The minimum atomic E-state index is 0.0812. The van der Waals surface area contributed by atoms with Crippen molar-refractivity contribution in [2.75, 3.05) is 13.2 Å². The zero-order valence-electron chi connectivity index (χ0n) is 8.95. The summed E-state index contributed by atoms with van der Waals surface area (Å²) in [6.45, 7) is 5.44. The van der Waals surface area contributed by atoms with E-state index in [1.54, 1.807) is 6.26 Å². The first-order chi connectivity index (χ1) is 6.74. The predicted molar refractivity (Wildman–Crippen MR) is 55.5 cm³/mol. The molecular formula is C10H20N2O2. The summed E-state index contributed by atoms with van der Waals surface area (Å²) in [5.41, 5.74) is 3.95. The fourth-order valence-electron chi connectivity index (χ4n) is 1.39. The lowest BCUT2D eigenvalue weighted by atomic mass is 10.0. The lowest BCUT2D eigenvalue weighted by molar-refractivity contribution is 0.0650. The van der Waals surface area contributed by atoms with Gasteiger partial charge in [0.1, 0.15) is 0 Å². The molecule has 1 aliphatic rings. The first kappa shape index (κ1) is 11.5. The molecule has 82 valence electrons. The van der Waals surface area contributed by atoms with Gasteiger partial charge in [0.25, 0.3) is 0 Å². The standard InChI is InChI=1S/C10H20N2O2/c1-8(2)14-7-10(12-11)9-4-3-5-13-6-9/h6,8,10,12H,3-5,7,11H2,1-2H3. The van der Waals surface area contributed by atoms with Crippen molar-refractivity contribution in [3.8, 4) is 0 Å². The Balaban J connectivity index is 2.39. The average molecular weight is 200 g/mol. The topological polar surface area (TPSA) is 56.5 Å². The smallest absolute Gasteiger partial charge is 0.0876 e. The molecular weight excluding hydrogens is 180 g/mol. The number of hydrogen-bond acceptors (Lipinski definition) is 4. The van der Waals surface area contributed by atoms with Crippen molar-refractivity contribution >= 4 is 0 Å². The molecule has 1 atom stereocenters. The fraction of sp³-hybridized carbons (Fsp3) is 0.800. The van der Waals surface area contributed by atoms with E-state index in [1.165, 1.54) is 5.57 Å². The van der Waals surface area contributed by atoms with Gasteiger partial charge in [-0.3, -0.25) is 11.3 Å². The van der Waals surface area contributed by atoms with Crippen molar-refractivity contribution in [3.05, 3.63) is 11.8 Å². The Morgan fingerprint density at radius 2 is 2.43 bits per heavy atom. The highest BCUT2D eigenvalue weighted by Gasteiger charge is 2.16. The van der Waals surface area contributed by atoms with Gasteiger partial charge in [0.05, 0.1) is 31.6 Å². The van der Waals surface area contributed by atoms with Gasteiger partial charge in [0.2, 0.25) is 0 Å². The summed E-state index contributed by atoms with van der Waals surface area (Å²) in [7, 11) is 0. The Hall–Kier alpha value is -0.580. The van der Waals surface area contributed by atoms with Gasteiger partial charge >= 0.3 is 0 Å². The highest BCUT2D eigenvalue weighted by Crippen LogP contribution is 2.15. The molecule has 0 aromatic rings. The van der Waals surface area contributed by atoms with Crippen molar-refractivity contribution < 1.29 is 9.47 Å². The molecule has 0 aromatic heterocycles. The van der Waals surface area contributed by atoms with Gasteiger partial charge in [0, 0.05) is 0 Å². The maximum atomic E-state index is 5.51. The van der Waals surface area contributed by atoms with E-state index in [4.69, 9.17) is 15.3 Å². The van der Waals surface area contributed by atoms with Gasteiger partial charge in [-0.25, -0.2) is 0 Å². The first-order valence-corrected chi connectivity index (χ1v) is 5.12. The Morgan fingerprint density at radius 1 is 1.64 bits per heavy atom. The second-order valence-corrected chi connectivity index (χ2v) is 3.77. The van der Waals surface area contributed by atoms with Crippen LogP contribution in [0.25, 0.3) is 0 Å². The van der Waals surface area contributed by atoms with Crippen LogP contribution in [0.1, 0.15) is 26.7 Å². The fourth-order valence-corrected chi connectivity index (χ4v) is 1.39. The lowest BCUT2D eigenvalue weighted by Gasteiger charge is -2.23. The van der Waals surface area contributed by atoms with Crippen LogP contribution in [0.15, 0.2) is 11.8 Å². The summed E-state index contributed by atoms with van der Waals surface area (Å²) < 4.78 is 10.8. The molecule has 0 spiro atoms. The van der Waals surface area contributed by atoms with Crippen molar-refractivity contribution in [1.29, 1.82) is 0 Å². The van der Waals surface area contributed by atoms with Crippen LogP contribution in [-0.2, 0) is 9.47 Å². The third kappa shape index (κ3) is 3.65. The van der Waals surface area contributed by atoms with Gasteiger partial charge in [0.15, 0.2) is 0 Å². The van der Waals surface area contributed by atoms with E-state index in [2.05, 4.69) is 5.43 Å². The summed E-state index contributed by atoms with van der Waals surface area (Å²) in [6.07, 6.45) is 4.13. The van der Waals surface area contributed by atoms with Crippen LogP contribution in [0.3, 0.4) is 0 Å². The zero-order valence-corrected chi connectivity index (χ0v) is 8.95. The molecule has 3 N–H and O–H groups in total. The molecule has 0 saturated heterocycles. The molecule has 0 amide bonds. The molecule has 1 heterocycles. The highest BCUT2D eigenvalue weighted by molar-refractivity contribution is 5.09. The summed E-state index contributed by atoms with van der Waals surface area (Å²) in [4.78, 5) is 0. The summed E-state index contributed by atoms with van der Waals surface area (Å²) in [6, 6.07) is 0.0812. The molecule has 0 aliphatic carbocycles.